The van der Waals surface area contributed by atoms with Crippen molar-refractivity contribution >= 4 is 11.1 Å². The zero-order valence-electron chi connectivity index (χ0n) is 12.4. The van der Waals surface area contributed by atoms with Crippen LogP contribution >= 0.6 is 0 Å². The summed E-state index contributed by atoms with van der Waals surface area (Å²) in [4.78, 5) is 0. The molecule has 0 saturated carbocycles. The first-order valence-corrected chi connectivity index (χ1v) is 7.15. The number of rotatable bonds is 2. The van der Waals surface area contributed by atoms with Crippen molar-refractivity contribution in [3.05, 3.63) is 83.4 Å². The van der Waals surface area contributed by atoms with Crippen LogP contribution in [0.15, 0.2) is 72.3 Å². The number of hydrogen-bond donors (Lipinski definition) is 0. The smallest absolute Gasteiger partial charge is 0.00503 e. The van der Waals surface area contributed by atoms with Crippen LogP contribution in [0.5, 0.6) is 0 Å². The molecule has 0 nitrogen and oxygen atoms in total. The largest absolute Gasteiger partial charge is 0.0663 e. The normalized spacial score (nSPS) is 17.2. The van der Waals surface area contributed by atoms with E-state index in [1.807, 2.05) is 0 Å². The lowest BCUT2D eigenvalue weighted by Gasteiger charge is -2.18. The van der Waals surface area contributed by atoms with Gasteiger partial charge in [-0.05, 0) is 29.2 Å². The van der Waals surface area contributed by atoms with E-state index < -0.39 is 0 Å². The molecule has 0 unspecified atom stereocenters. The van der Waals surface area contributed by atoms with Gasteiger partial charge in [-0.1, -0.05) is 86.2 Å². The van der Waals surface area contributed by atoms with E-state index in [0.717, 1.165) is 0 Å². The van der Waals surface area contributed by atoms with Crippen LogP contribution < -0.4 is 0 Å². The SMILES string of the molecule is CC1=C(c2ccccc2)C(c2ccccc2)=CC1(C)C. The van der Waals surface area contributed by atoms with Gasteiger partial charge >= 0.3 is 0 Å². The highest BCUT2D eigenvalue weighted by Crippen LogP contribution is 2.48. The van der Waals surface area contributed by atoms with Crippen LogP contribution in [0.3, 0.4) is 0 Å². The molecule has 0 heterocycles. The van der Waals surface area contributed by atoms with E-state index in [0.29, 0.717) is 0 Å². The zero-order chi connectivity index (χ0) is 14.2. The molecule has 2 aromatic carbocycles. The fraction of sp³-hybridized carbons (Fsp3) is 0.200. The summed E-state index contributed by atoms with van der Waals surface area (Å²) in [5.74, 6) is 0. The predicted molar refractivity (Wildman–Crippen MR) is 87.2 cm³/mol. The highest BCUT2D eigenvalue weighted by molar-refractivity contribution is 6.09. The van der Waals surface area contributed by atoms with E-state index in [1.165, 1.54) is 27.8 Å². The highest BCUT2D eigenvalue weighted by Gasteiger charge is 2.30. The Hall–Kier alpha value is -2.08. The van der Waals surface area contributed by atoms with Crippen LogP contribution in [-0.2, 0) is 0 Å². The molecule has 0 bridgehead atoms. The van der Waals surface area contributed by atoms with Crippen molar-refractivity contribution in [1.29, 1.82) is 0 Å². The number of hydrogen-bond acceptors (Lipinski definition) is 0. The molecule has 1 aliphatic carbocycles. The molecule has 3 rings (SSSR count). The van der Waals surface area contributed by atoms with Gasteiger partial charge in [0.1, 0.15) is 0 Å². The molecule has 100 valence electrons. The molecule has 20 heavy (non-hydrogen) atoms. The second-order valence-electron chi connectivity index (χ2n) is 6.01. The van der Waals surface area contributed by atoms with E-state index in [4.69, 9.17) is 0 Å². The topological polar surface area (TPSA) is 0 Å². The Balaban J connectivity index is 2.19. The van der Waals surface area contributed by atoms with Gasteiger partial charge in [-0.2, -0.15) is 0 Å². The Bertz CT molecular complexity index is 670. The minimum absolute atomic E-state index is 0.121. The van der Waals surface area contributed by atoms with Crippen molar-refractivity contribution in [2.45, 2.75) is 20.8 Å². The lowest BCUT2D eigenvalue weighted by atomic mass is 9.86. The predicted octanol–water partition coefficient (Wildman–Crippen LogP) is 5.58. The van der Waals surface area contributed by atoms with Gasteiger partial charge in [-0.15, -0.1) is 0 Å². The molecular weight excluding hydrogens is 240 g/mol. The molecule has 0 spiro atoms. The molecule has 0 aromatic heterocycles. The first-order chi connectivity index (χ1) is 9.59. The molecule has 0 N–H and O–H groups in total. The van der Waals surface area contributed by atoms with Gasteiger partial charge in [0.05, 0.1) is 0 Å². The second-order valence-corrected chi connectivity index (χ2v) is 6.01. The third-order valence-corrected chi connectivity index (χ3v) is 4.26. The van der Waals surface area contributed by atoms with E-state index in [2.05, 4.69) is 87.5 Å². The van der Waals surface area contributed by atoms with Crippen molar-refractivity contribution in [2.24, 2.45) is 5.41 Å². The molecule has 2 aromatic rings. The molecule has 0 amide bonds. The van der Waals surface area contributed by atoms with Crippen molar-refractivity contribution in [1.82, 2.24) is 0 Å². The average Bonchev–Trinajstić information content (AvgIpc) is 2.72. The molecule has 0 fully saturated rings. The molecule has 1 aliphatic rings. The molecule has 0 heteroatoms. The van der Waals surface area contributed by atoms with Crippen LogP contribution in [0.4, 0.5) is 0 Å². The van der Waals surface area contributed by atoms with Crippen LogP contribution in [-0.4, -0.2) is 0 Å². The molecule has 0 aliphatic heterocycles. The second kappa shape index (κ2) is 4.79. The fourth-order valence-electron chi connectivity index (χ4n) is 2.89. The number of benzene rings is 2. The van der Waals surface area contributed by atoms with E-state index in [1.54, 1.807) is 0 Å². The monoisotopic (exact) mass is 260 g/mol. The summed E-state index contributed by atoms with van der Waals surface area (Å²) in [6.07, 6.45) is 2.40. The Morgan fingerprint density at radius 1 is 0.700 bits per heavy atom. The van der Waals surface area contributed by atoms with Gasteiger partial charge in [0, 0.05) is 5.41 Å². The Kier molecular flexibility index (Phi) is 3.10. The summed E-state index contributed by atoms with van der Waals surface area (Å²) < 4.78 is 0. The van der Waals surface area contributed by atoms with E-state index >= 15 is 0 Å². The van der Waals surface area contributed by atoms with Gasteiger partial charge < -0.3 is 0 Å². The highest BCUT2D eigenvalue weighted by atomic mass is 14.3. The first-order valence-electron chi connectivity index (χ1n) is 7.15. The zero-order valence-corrected chi connectivity index (χ0v) is 12.4. The van der Waals surface area contributed by atoms with E-state index in [9.17, 15) is 0 Å². The van der Waals surface area contributed by atoms with Gasteiger partial charge in [-0.3, -0.25) is 0 Å². The van der Waals surface area contributed by atoms with Crippen molar-refractivity contribution in [3.63, 3.8) is 0 Å². The summed E-state index contributed by atoms with van der Waals surface area (Å²) in [6, 6.07) is 21.4. The van der Waals surface area contributed by atoms with Crippen LogP contribution in [0.25, 0.3) is 11.1 Å². The number of allylic oxidation sites excluding steroid dienone is 4. The van der Waals surface area contributed by atoms with Gasteiger partial charge in [0.25, 0.3) is 0 Å². The Morgan fingerprint density at radius 2 is 1.20 bits per heavy atom. The van der Waals surface area contributed by atoms with E-state index in [-0.39, 0.29) is 5.41 Å². The maximum absolute atomic E-state index is 2.40. The summed E-state index contributed by atoms with van der Waals surface area (Å²) in [5.41, 5.74) is 6.93. The third-order valence-electron chi connectivity index (χ3n) is 4.26. The van der Waals surface area contributed by atoms with Crippen molar-refractivity contribution in [3.8, 4) is 0 Å². The molecule has 0 atom stereocenters. The average molecular weight is 260 g/mol. The van der Waals surface area contributed by atoms with Crippen LogP contribution in [0, 0.1) is 5.41 Å². The maximum atomic E-state index is 2.40. The fourth-order valence-corrected chi connectivity index (χ4v) is 2.89. The van der Waals surface area contributed by atoms with Crippen LogP contribution in [0.1, 0.15) is 31.9 Å². The summed E-state index contributed by atoms with van der Waals surface area (Å²) >= 11 is 0. The minimum atomic E-state index is 0.121. The minimum Gasteiger partial charge on any atom is -0.0663 e. The third kappa shape index (κ3) is 2.12. The lowest BCUT2D eigenvalue weighted by Crippen LogP contribution is -2.05. The summed E-state index contributed by atoms with van der Waals surface area (Å²) in [5, 5.41) is 0. The molecule has 0 radical (unpaired) electrons. The van der Waals surface area contributed by atoms with Gasteiger partial charge in [0.15, 0.2) is 0 Å². The van der Waals surface area contributed by atoms with Gasteiger partial charge in [0.2, 0.25) is 0 Å². The standard InChI is InChI=1S/C20H20/c1-15-19(17-12-8-5-9-13-17)18(14-20(15,2)3)16-10-6-4-7-11-16/h4-14H,1-3H3. The quantitative estimate of drug-likeness (QED) is 0.661. The molecule has 0 saturated heterocycles. The Morgan fingerprint density at radius 3 is 1.75 bits per heavy atom. The maximum Gasteiger partial charge on any atom is 0.00503 e. The lowest BCUT2D eigenvalue weighted by molar-refractivity contribution is 0.593. The van der Waals surface area contributed by atoms with Gasteiger partial charge in [-0.25, -0.2) is 0 Å². The molecular formula is C20H20. The van der Waals surface area contributed by atoms with Crippen LogP contribution in [0.2, 0.25) is 0 Å². The van der Waals surface area contributed by atoms with Crippen molar-refractivity contribution < 1.29 is 0 Å². The Labute approximate surface area is 121 Å². The summed E-state index contributed by atoms with van der Waals surface area (Å²) in [6.45, 7) is 6.84. The first kappa shape index (κ1) is 12.9. The van der Waals surface area contributed by atoms with Crippen molar-refractivity contribution in [2.75, 3.05) is 0 Å². The summed E-state index contributed by atoms with van der Waals surface area (Å²) in [7, 11) is 0.